The Labute approximate surface area is 148 Å². The number of thioether (sulfide) groups is 1. The van der Waals surface area contributed by atoms with Crippen LogP contribution in [0.5, 0.6) is 0 Å². The number of benzene rings is 2. The summed E-state index contributed by atoms with van der Waals surface area (Å²) in [5.74, 6) is 0.579. The molecule has 1 amide bonds. The van der Waals surface area contributed by atoms with Gasteiger partial charge >= 0.3 is 0 Å². The maximum atomic E-state index is 12.3. The molecule has 0 aliphatic carbocycles. The Morgan fingerprint density at radius 3 is 2.50 bits per heavy atom. The van der Waals surface area contributed by atoms with Gasteiger partial charge in [-0.3, -0.25) is 10.1 Å². The van der Waals surface area contributed by atoms with Crippen LogP contribution in [0.1, 0.15) is 10.4 Å². The molecule has 0 saturated heterocycles. The van der Waals surface area contributed by atoms with Crippen molar-refractivity contribution >= 4 is 34.1 Å². The largest absolute Gasteiger partial charge is 0.296 e. The molecule has 0 bridgehead atoms. The number of anilines is 1. The first-order chi connectivity index (χ1) is 11.8. The van der Waals surface area contributed by atoms with Crippen molar-refractivity contribution in [1.29, 1.82) is 0 Å². The van der Waals surface area contributed by atoms with Gasteiger partial charge in [-0.25, -0.2) is 0 Å². The summed E-state index contributed by atoms with van der Waals surface area (Å²) in [4.78, 5) is 12.3. The van der Waals surface area contributed by atoms with Crippen LogP contribution in [0.15, 0.2) is 71.6 Å². The summed E-state index contributed by atoms with van der Waals surface area (Å²) in [6.07, 6.45) is 1.80. The minimum atomic E-state index is -0.189. The molecule has 0 fully saturated rings. The molecule has 3 rings (SSSR count). The number of amides is 1. The van der Waals surface area contributed by atoms with Crippen LogP contribution in [0.4, 0.5) is 5.13 Å². The Kier molecular flexibility index (Phi) is 5.40. The highest BCUT2D eigenvalue weighted by atomic mass is 32.2. The van der Waals surface area contributed by atoms with E-state index in [1.165, 1.54) is 23.1 Å². The minimum absolute atomic E-state index is 0.189. The van der Waals surface area contributed by atoms with E-state index in [9.17, 15) is 4.79 Å². The summed E-state index contributed by atoms with van der Waals surface area (Å²) in [5, 5.41) is 11.3. The molecule has 24 heavy (non-hydrogen) atoms. The third kappa shape index (κ3) is 4.10. The highest BCUT2D eigenvalue weighted by molar-refractivity contribution is 8.01. The summed E-state index contributed by atoms with van der Waals surface area (Å²) in [6.45, 7) is 3.67. The SMILES string of the molecule is C=CCSc1nnc(NC(=O)c2ccc(-c3ccccc3)cc2)s1. The highest BCUT2D eigenvalue weighted by Crippen LogP contribution is 2.26. The molecule has 4 nitrogen and oxygen atoms in total. The zero-order chi connectivity index (χ0) is 16.8. The van der Waals surface area contributed by atoms with Crippen molar-refractivity contribution in [2.45, 2.75) is 4.34 Å². The number of carbonyl (C=O) groups is 1. The van der Waals surface area contributed by atoms with Gasteiger partial charge in [0.1, 0.15) is 0 Å². The summed E-state index contributed by atoms with van der Waals surface area (Å²) < 4.78 is 0.810. The first-order valence-corrected chi connectivity index (χ1v) is 9.10. The monoisotopic (exact) mass is 353 g/mol. The van der Waals surface area contributed by atoms with Crippen molar-refractivity contribution in [2.75, 3.05) is 11.1 Å². The van der Waals surface area contributed by atoms with Gasteiger partial charge < -0.3 is 0 Å². The average molecular weight is 353 g/mol. The van der Waals surface area contributed by atoms with Gasteiger partial charge in [-0.05, 0) is 23.3 Å². The number of rotatable bonds is 6. The van der Waals surface area contributed by atoms with Crippen molar-refractivity contribution in [3.63, 3.8) is 0 Å². The smallest absolute Gasteiger partial charge is 0.257 e. The molecule has 1 N–H and O–H groups in total. The van der Waals surface area contributed by atoms with E-state index in [0.29, 0.717) is 10.7 Å². The molecule has 0 atom stereocenters. The van der Waals surface area contributed by atoms with Gasteiger partial charge in [0.25, 0.3) is 5.91 Å². The molecule has 6 heteroatoms. The fourth-order valence-electron chi connectivity index (χ4n) is 2.06. The number of hydrogen-bond acceptors (Lipinski definition) is 5. The Hall–Kier alpha value is -2.44. The second-order valence-corrected chi connectivity index (χ2v) is 7.11. The summed E-state index contributed by atoms with van der Waals surface area (Å²) in [5.41, 5.74) is 2.79. The number of hydrogen-bond donors (Lipinski definition) is 1. The van der Waals surface area contributed by atoms with Gasteiger partial charge in [-0.15, -0.1) is 16.8 Å². The fraction of sp³-hybridized carbons (Fsp3) is 0.0556. The van der Waals surface area contributed by atoms with Gasteiger partial charge in [0.15, 0.2) is 4.34 Å². The lowest BCUT2D eigenvalue weighted by atomic mass is 10.0. The molecule has 0 radical (unpaired) electrons. The number of aromatic nitrogens is 2. The normalized spacial score (nSPS) is 10.3. The zero-order valence-electron chi connectivity index (χ0n) is 12.8. The van der Waals surface area contributed by atoms with E-state index in [0.717, 1.165) is 21.2 Å². The summed E-state index contributed by atoms with van der Waals surface area (Å²) in [7, 11) is 0. The molecular weight excluding hydrogens is 338 g/mol. The molecule has 0 unspecified atom stereocenters. The van der Waals surface area contributed by atoms with E-state index < -0.39 is 0 Å². The second kappa shape index (κ2) is 7.90. The van der Waals surface area contributed by atoms with Crippen LogP contribution < -0.4 is 5.32 Å². The average Bonchev–Trinajstić information content (AvgIpc) is 3.08. The molecule has 1 heterocycles. The van der Waals surface area contributed by atoms with E-state index in [2.05, 4.69) is 22.1 Å². The van der Waals surface area contributed by atoms with Crippen molar-refractivity contribution < 1.29 is 4.79 Å². The van der Waals surface area contributed by atoms with Gasteiger partial charge in [0, 0.05) is 11.3 Å². The fourth-order valence-corrected chi connectivity index (χ4v) is 3.57. The number of carbonyl (C=O) groups excluding carboxylic acids is 1. The third-order valence-corrected chi connectivity index (χ3v) is 5.17. The molecule has 2 aromatic carbocycles. The van der Waals surface area contributed by atoms with Crippen molar-refractivity contribution in [2.24, 2.45) is 0 Å². The quantitative estimate of drug-likeness (QED) is 0.395. The Bertz CT molecular complexity index is 829. The first-order valence-electron chi connectivity index (χ1n) is 7.30. The van der Waals surface area contributed by atoms with Crippen molar-refractivity contribution in [3.05, 3.63) is 72.8 Å². The number of nitrogens with zero attached hydrogens (tertiary/aromatic N) is 2. The third-order valence-electron chi connectivity index (χ3n) is 3.21. The van der Waals surface area contributed by atoms with Crippen LogP contribution in [0.3, 0.4) is 0 Å². The first kappa shape index (κ1) is 16.4. The summed E-state index contributed by atoms with van der Waals surface area (Å²) >= 11 is 2.90. The lowest BCUT2D eigenvalue weighted by molar-refractivity contribution is 0.102. The second-order valence-electron chi connectivity index (χ2n) is 4.87. The molecular formula is C18H15N3OS2. The van der Waals surface area contributed by atoms with Crippen molar-refractivity contribution in [3.8, 4) is 11.1 Å². The molecule has 0 saturated carbocycles. The standard InChI is InChI=1S/C18H15N3OS2/c1-2-12-23-18-21-20-17(24-18)19-16(22)15-10-8-14(9-11-15)13-6-4-3-5-7-13/h2-11H,1,12H2,(H,19,20,22). The molecule has 0 aliphatic rings. The predicted octanol–water partition coefficient (Wildman–Crippen LogP) is 4.74. The Balaban J connectivity index is 1.67. The predicted molar refractivity (Wildman–Crippen MR) is 101 cm³/mol. The molecule has 1 aromatic heterocycles. The van der Waals surface area contributed by atoms with Gasteiger partial charge in [0.2, 0.25) is 5.13 Å². The molecule has 0 aliphatic heterocycles. The Morgan fingerprint density at radius 2 is 1.79 bits per heavy atom. The van der Waals surface area contributed by atoms with E-state index >= 15 is 0 Å². The van der Waals surface area contributed by atoms with E-state index in [1.54, 1.807) is 6.08 Å². The van der Waals surface area contributed by atoms with Crippen LogP contribution in [0, 0.1) is 0 Å². The molecule has 3 aromatic rings. The van der Waals surface area contributed by atoms with Gasteiger partial charge in [-0.1, -0.05) is 71.6 Å². The van der Waals surface area contributed by atoms with Crippen LogP contribution >= 0.6 is 23.1 Å². The Morgan fingerprint density at radius 1 is 1.08 bits per heavy atom. The molecule has 120 valence electrons. The summed E-state index contributed by atoms with van der Waals surface area (Å²) in [6, 6.07) is 17.6. The topological polar surface area (TPSA) is 54.9 Å². The minimum Gasteiger partial charge on any atom is -0.296 e. The van der Waals surface area contributed by atoms with Gasteiger partial charge in [-0.2, -0.15) is 0 Å². The van der Waals surface area contributed by atoms with Gasteiger partial charge in [0.05, 0.1) is 0 Å². The maximum absolute atomic E-state index is 12.3. The van der Waals surface area contributed by atoms with Crippen LogP contribution in [-0.2, 0) is 0 Å². The zero-order valence-corrected chi connectivity index (χ0v) is 14.4. The highest BCUT2D eigenvalue weighted by Gasteiger charge is 2.10. The van der Waals surface area contributed by atoms with E-state index in [1.807, 2.05) is 54.6 Å². The van der Waals surface area contributed by atoms with Crippen LogP contribution in [-0.4, -0.2) is 21.9 Å². The van der Waals surface area contributed by atoms with Crippen LogP contribution in [0.2, 0.25) is 0 Å². The lowest BCUT2D eigenvalue weighted by Gasteiger charge is -2.04. The lowest BCUT2D eigenvalue weighted by Crippen LogP contribution is -2.11. The molecule has 0 spiro atoms. The van der Waals surface area contributed by atoms with Crippen molar-refractivity contribution in [1.82, 2.24) is 10.2 Å². The van der Waals surface area contributed by atoms with E-state index in [4.69, 9.17) is 0 Å². The maximum Gasteiger partial charge on any atom is 0.257 e. The van der Waals surface area contributed by atoms with E-state index in [-0.39, 0.29) is 5.91 Å². The van der Waals surface area contributed by atoms with Crippen LogP contribution in [0.25, 0.3) is 11.1 Å². The number of nitrogens with one attached hydrogen (secondary N) is 1.